The SMILES string of the molecule is CCn1nc(C)c([N+](=O)[O-])c1NC(CC(=O)O)C(C)(C)C. The van der Waals surface area contributed by atoms with E-state index in [9.17, 15) is 14.9 Å². The van der Waals surface area contributed by atoms with Gasteiger partial charge in [0.25, 0.3) is 0 Å². The van der Waals surface area contributed by atoms with Crippen molar-refractivity contribution in [2.75, 3.05) is 5.32 Å². The Labute approximate surface area is 123 Å². The maximum absolute atomic E-state index is 11.2. The molecule has 0 aliphatic heterocycles. The summed E-state index contributed by atoms with van der Waals surface area (Å²) in [7, 11) is 0. The molecule has 8 heteroatoms. The van der Waals surface area contributed by atoms with Gasteiger partial charge in [-0.15, -0.1) is 0 Å². The second-order valence-electron chi connectivity index (χ2n) is 6.02. The Hall–Kier alpha value is -2.12. The number of aryl methyl sites for hydroxylation is 2. The number of carboxylic acid groups (broad SMARTS) is 1. The van der Waals surface area contributed by atoms with Crippen LogP contribution in [-0.4, -0.2) is 31.8 Å². The van der Waals surface area contributed by atoms with Gasteiger partial charge < -0.3 is 10.4 Å². The number of nitrogens with zero attached hydrogens (tertiary/aromatic N) is 3. The van der Waals surface area contributed by atoms with Crippen molar-refractivity contribution in [3.05, 3.63) is 15.8 Å². The van der Waals surface area contributed by atoms with Gasteiger partial charge in [-0.2, -0.15) is 5.10 Å². The minimum atomic E-state index is -0.954. The molecule has 0 amide bonds. The molecule has 0 spiro atoms. The van der Waals surface area contributed by atoms with Crippen LogP contribution in [0.15, 0.2) is 0 Å². The first-order valence-corrected chi connectivity index (χ1v) is 6.78. The summed E-state index contributed by atoms with van der Waals surface area (Å²) >= 11 is 0. The fraction of sp³-hybridized carbons (Fsp3) is 0.692. The monoisotopic (exact) mass is 298 g/mol. The molecule has 0 fully saturated rings. The smallest absolute Gasteiger partial charge is 0.333 e. The Morgan fingerprint density at radius 3 is 2.48 bits per heavy atom. The van der Waals surface area contributed by atoms with Gasteiger partial charge in [0, 0.05) is 12.6 Å². The number of aliphatic carboxylic acids is 1. The number of carboxylic acids is 1. The van der Waals surface area contributed by atoms with Gasteiger partial charge in [-0.3, -0.25) is 14.9 Å². The highest BCUT2D eigenvalue weighted by molar-refractivity contribution is 5.69. The number of hydrogen-bond acceptors (Lipinski definition) is 5. The van der Waals surface area contributed by atoms with Gasteiger partial charge in [-0.25, -0.2) is 4.68 Å². The molecule has 0 saturated carbocycles. The highest BCUT2D eigenvalue weighted by atomic mass is 16.6. The number of nitrogens with one attached hydrogen (secondary N) is 1. The summed E-state index contributed by atoms with van der Waals surface area (Å²) in [5.41, 5.74) is -0.160. The first-order chi connectivity index (χ1) is 9.57. The zero-order valence-electron chi connectivity index (χ0n) is 13.0. The fourth-order valence-corrected chi connectivity index (χ4v) is 2.08. The van der Waals surface area contributed by atoms with Crippen molar-refractivity contribution in [3.8, 4) is 0 Å². The number of hydrogen-bond donors (Lipinski definition) is 2. The summed E-state index contributed by atoms with van der Waals surface area (Å²) in [5.74, 6) is -0.689. The van der Waals surface area contributed by atoms with Crippen molar-refractivity contribution in [3.63, 3.8) is 0 Å². The Morgan fingerprint density at radius 1 is 1.52 bits per heavy atom. The molecule has 1 heterocycles. The summed E-state index contributed by atoms with van der Waals surface area (Å²) in [4.78, 5) is 21.8. The van der Waals surface area contributed by atoms with Crippen LogP contribution in [0, 0.1) is 22.5 Å². The highest BCUT2D eigenvalue weighted by Crippen LogP contribution is 2.32. The van der Waals surface area contributed by atoms with Gasteiger partial charge in [-0.1, -0.05) is 20.8 Å². The minimum absolute atomic E-state index is 0.100. The summed E-state index contributed by atoms with van der Waals surface area (Å²) in [6, 6.07) is -0.449. The molecule has 0 saturated heterocycles. The predicted octanol–water partition coefficient (Wildman–Crippen LogP) is 2.42. The van der Waals surface area contributed by atoms with Gasteiger partial charge in [-0.05, 0) is 19.3 Å². The lowest BCUT2D eigenvalue weighted by atomic mass is 9.84. The molecule has 118 valence electrons. The topological polar surface area (TPSA) is 110 Å². The molecule has 0 aromatic carbocycles. The van der Waals surface area contributed by atoms with Crippen LogP contribution in [0.4, 0.5) is 11.5 Å². The van der Waals surface area contributed by atoms with Crippen LogP contribution in [0.25, 0.3) is 0 Å². The zero-order chi connectivity index (χ0) is 16.4. The Morgan fingerprint density at radius 2 is 2.10 bits per heavy atom. The Bertz CT molecular complexity index is 545. The first-order valence-electron chi connectivity index (χ1n) is 6.78. The van der Waals surface area contributed by atoms with Crippen molar-refractivity contribution in [2.45, 2.75) is 53.6 Å². The third kappa shape index (κ3) is 3.93. The molecular weight excluding hydrogens is 276 g/mol. The maximum atomic E-state index is 11.2. The summed E-state index contributed by atoms with van der Waals surface area (Å²) in [6.07, 6.45) is -0.130. The molecule has 1 aromatic heterocycles. The molecular formula is C13H22N4O4. The van der Waals surface area contributed by atoms with Crippen LogP contribution >= 0.6 is 0 Å². The lowest BCUT2D eigenvalue weighted by molar-refractivity contribution is -0.384. The Kier molecular flexibility index (Phi) is 4.93. The molecule has 1 rings (SSSR count). The van der Waals surface area contributed by atoms with Gasteiger partial charge >= 0.3 is 11.7 Å². The van der Waals surface area contributed by atoms with E-state index in [0.717, 1.165) is 0 Å². The largest absolute Gasteiger partial charge is 0.481 e. The van der Waals surface area contributed by atoms with E-state index in [1.165, 1.54) is 4.68 Å². The van der Waals surface area contributed by atoms with Crippen molar-refractivity contribution in [1.82, 2.24) is 9.78 Å². The van der Waals surface area contributed by atoms with Crippen molar-refractivity contribution in [2.24, 2.45) is 5.41 Å². The van der Waals surface area contributed by atoms with Crippen LogP contribution in [0.3, 0.4) is 0 Å². The van der Waals surface area contributed by atoms with Crippen LogP contribution in [0.1, 0.15) is 39.8 Å². The number of aromatic nitrogens is 2. The normalized spacial score (nSPS) is 13.0. The molecule has 21 heavy (non-hydrogen) atoms. The average Bonchev–Trinajstić information content (AvgIpc) is 2.62. The van der Waals surface area contributed by atoms with Crippen LogP contribution in [0.5, 0.6) is 0 Å². The molecule has 2 N–H and O–H groups in total. The average molecular weight is 298 g/mol. The predicted molar refractivity (Wildman–Crippen MR) is 78.4 cm³/mol. The van der Waals surface area contributed by atoms with Gasteiger partial charge in [0.2, 0.25) is 5.82 Å². The molecule has 1 atom stereocenters. The quantitative estimate of drug-likeness (QED) is 0.616. The fourth-order valence-electron chi connectivity index (χ4n) is 2.08. The lowest BCUT2D eigenvalue weighted by Gasteiger charge is -2.30. The third-order valence-electron chi connectivity index (χ3n) is 3.31. The molecule has 0 bridgehead atoms. The number of anilines is 1. The van der Waals surface area contributed by atoms with Gasteiger partial charge in [0.15, 0.2) is 0 Å². The highest BCUT2D eigenvalue weighted by Gasteiger charge is 2.32. The summed E-state index contributed by atoms with van der Waals surface area (Å²) in [5, 5.41) is 27.4. The molecule has 0 radical (unpaired) electrons. The number of nitro groups is 1. The van der Waals surface area contributed by atoms with E-state index in [1.807, 2.05) is 27.7 Å². The van der Waals surface area contributed by atoms with E-state index in [2.05, 4.69) is 10.4 Å². The van der Waals surface area contributed by atoms with Crippen molar-refractivity contribution < 1.29 is 14.8 Å². The second kappa shape index (κ2) is 6.11. The third-order valence-corrected chi connectivity index (χ3v) is 3.31. The van der Waals surface area contributed by atoms with E-state index < -0.39 is 16.9 Å². The Balaban J connectivity index is 3.25. The van der Waals surface area contributed by atoms with E-state index in [-0.39, 0.29) is 23.3 Å². The molecule has 8 nitrogen and oxygen atoms in total. The maximum Gasteiger partial charge on any atom is 0.333 e. The van der Waals surface area contributed by atoms with E-state index >= 15 is 0 Å². The van der Waals surface area contributed by atoms with Crippen molar-refractivity contribution in [1.29, 1.82) is 0 Å². The second-order valence-corrected chi connectivity index (χ2v) is 6.02. The van der Waals surface area contributed by atoms with Gasteiger partial charge in [0.05, 0.1) is 11.3 Å². The number of carbonyl (C=O) groups is 1. The van der Waals surface area contributed by atoms with E-state index in [1.54, 1.807) is 6.92 Å². The van der Waals surface area contributed by atoms with Gasteiger partial charge in [0.1, 0.15) is 5.69 Å². The summed E-state index contributed by atoms with van der Waals surface area (Å²) in [6.45, 7) is 9.52. The van der Waals surface area contributed by atoms with Crippen LogP contribution < -0.4 is 5.32 Å². The van der Waals surface area contributed by atoms with Crippen LogP contribution in [0.2, 0.25) is 0 Å². The van der Waals surface area contributed by atoms with Crippen LogP contribution in [-0.2, 0) is 11.3 Å². The summed E-state index contributed by atoms with van der Waals surface area (Å²) < 4.78 is 1.49. The lowest BCUT2D eigenvalue weighted by Crippen LogP contribution is -2.37. The molecule has 0 aliphatic carbocycles. The van der Waals surface area contributed by atoms with Crippen molar-refractivity contribution >= 4 is 17.5 Å². The molecule has 1 aromatic rings. The minimum Gasteiger partial charge on any atom is -0.481 e. The molecule has 0 aliphatic rings. The molecule has 1 unspecified atom stereocenters. The standard InChI is InChI=1S/C13H22N4O4/c1-6-16-12(11(17(20)21)8(2)15-16)14-9(7-10(18)19)13(3,4)5/h9,14H,6-7H2,1-5H3,(H,18,19). The van der Waals surface area contributed by atoms with E-state index in [4.69, 9.17) is 5.11 Å². The number of rotatable bonds is 6. The van der Waals surface area contributed by atoms with E-state index in [0.29, 0.717) is 12.2 Å². The zero-order valence-corrected chi connectivity index (χ0v) is 13.0. The first kappa shape index (κ1) is 16.9.